The van der Waals surface area contributed by atoms with E-state index >= 15 is 0 Å². The Morgan fingerprint density at radius 3 is 2.54 bits per heavy atom. The molecule has 0 aliphatic heterocycles. The highest BCUT2D eigenvalue weighted by atomic mass is 19.4. The average Bonchev–Trinajstić information content (AvgIpc) is 2.60. The monoisotopic (exact) mass is 361 g/mol. The van der Waals surface area contributed by atoms with Gasteiger partial charge in [-0.3, -0.25) is 4.79 Å². The van der Waals surface area contributed by atoms with Crippen LogP contribution < -0.4 is 11.2 Å². The SMILES string of the molecule is Nc1cnnc2cc(-c3ccc(C(F)(F)F)c(B(O)OC=O)c3)ccc12. The number of aromatic nitrogens is 2. The van der Waals surface area contributed by atoms with E-state index in [-0.39, 0.29) is 6.47 Å². The zero-order valence-corrected chi connectivity index (χ0v) is 13.1. The normalized spacial score (nSPS) is 11.4. The zero-order valence-electron chi connectivity index (χ0n) is 13.1. The largest absolute Gasteiger partial charge is 0.562 e. The second kappa shape index (κ2) is 6.64. The first-order valence-electron chi connectivity index (χ1n) is 7.31. The first-order valence-corrected chi connectivity index (χ1v) is 7.31. The number of hydrogen-bond donors (Lipinski definition) is 2. The van der Waals surface area contributed by atoms with Crippen molar-refractivity contribution in [2.45, 2.75) is 6.18 Å². The number of halogens is 3. The van der Waals surface area contributed by atoms with Gasteiger partial charge in [0.1, 0.15) is 0 Å². The molecule has 0 bridgehead atoms. The van der Waals surface area contributed by atoms with Crippen LogP contribution in [0.2, 0.25) is 0 Å². The third kappa shape index (κ3) is 3.31. The van der Waals surface area contributed by atoms with Crippen molar-refractivity contribution in [2.24, 2.45) is 0 Å². The Hall–Kier alpha value is -3.14. The molecule has 0 aliphatic rings. The number of carbonyl (C=O) groups is 1. The van der Waals surface area contributed by atoms with E-state index in [2.05, 4.69) is 14.9 Å². The molecule has 0 saturated heterocycles. The number of alkyl halides is 3. The first kappa shape index (κ1) is 17.7. The summed E-state index contributed by atoms with van der Waals surface area (Å²) in [5.74, 6) is 0. The lowest BCUT2D eigenvalue weighted by atomic mass is 9.75. The fourth-order valence-corrected chi connectivity index (χ4v) is 2.59. The summed E-state index contributed by atoms with van der Waals surface area (Å²) in [4.78, 5) is 10.4. The first-order chi connectivity index (χ1) is 12.3. The Morgan fingerprint density at radius 2 is 1.85 bits per heavy atom. The van der Waals surface area contributed by atoms with Gasteiger partial charge in [-0.05, 0) is 29.3 Å². The highest BCUT2D eigenvalue weighted by Crippen LogP contribution is 2.31. The molecule has 0 saturated carbocycles. The van der Waals surface area contributed by atoms with Gasteiger partial charge in [-0.1, -0.05) is 18.2 Å². The number of benzene rings is 2. The summed E-state index contributed by atoms with van der Waals surface area (Å²) in [6.07, 6.45) is -3.32. The van der Waals surface area contributed by atoms with Gasteiger partial charge in [-0.15, -0.1) is 0 Å². The van der Waals surface area contributed by atoms with Crippen LogP contribution in [0.4, 0.5) is 18.9 Å². The van der Waals surface area contributed by atoms with Gasteiger partial charge in [0.25, 0.3) is 6.47 Å². The molecule has 6 nitrogen and oxygen atoms in total. The van der Waals surface area contributed by atoms with E-state index in [1.54, 1.807) is 18.2 Å². The van der Waals surface area contributed by atoms with Crippen molar-refractivity contribution < 1.29 is 27.6 Å². The van der Waals surface area contributed by atoms with Crippen molar-refractivity contribution >= 4 is 35.6 Å². The average molecular weight is 361 g/mol. The van der Waals surface area contributed by atoms with Crippen molar-refractivity contribution in [1.29, 1.82) is 0 Å². The van der Waals surface area contributed by atoms with E-state index < -0.39 is 24.3 Å². The highest BCUT2D eigenvalue weighted by molar-refractivity contribution is 6.61. The van der Waals surface area contributed by atoms with E-state index in [9.17, 15) is 23.0 Å². The molecule has 3 rings (SSSR count). The molecule has 132 valence electrons. The summed E-state index contributed by atoms with van der Waals surface area (Å²) >= 11 is 0. The van der Waals surface area contributed by atoms with Gasteiger partial charge in [-0.25, -0.2) is 0 Å². The van der Waals surface area contributed by atoms with Crippen molar-refractivity contribution in [3.05, 3.63) is 48.2 Å². The zero-order chi connectivity index (χ0) is 18.9. The molecule has 3 aromatic rings. The maximum absolute atomic E-state index is 13.1. The number of nitrogens with zero attached hydrogens (tertiary/aromatic N) is 2. The summed E-state index contributed by atoms with van der Waals surface area (Å²) in [7, 11) is -2.04. The molecule has 0 radical (unpaired) electrons. The molecular formula is C16H11BF3N3O3. The van der Waals surface area contributed by atoms with Gasteiger partial charge in [0.05, 0.1) is 23.0 Å². The molecular weight excluding hydrogens is 350 g/mol. The molecule has 3 N–H and O–H groups in total. The van der Waals surface area contributed by atoms with Crippen LogP contribution in [0, 0.1) is 0 Å². The predicted molar refractivity (Wildman–Crippen MR) is 89.1 cm³/mol. The van der Waals surface area contributed by atoms with Gasteiger partial charge in [0, 0.05) is 10.8 Å². The molecule has 10 heteroatoms. The lowest BCUT2D eigenvalue weighted by molar-refractivity contribution is -0.137. The van der Waals surface area contributed by atoms with Crippen LogP contribution >= 0.6 is 0 Å². The second-order valence-corrected chi connectivity index (χ2v) is 5.42. The molecule has 0 unspecified atom stereocenters. The Kier molecular flexibility index (Phi) is 4.51. The van der Waals surface area contributed by atoms with Crippen molar-refractivity contribution in [3.8, 4) is 11.1 Å². The number of rotatable bonds is 4. The van der Waals surface area contributed by atoms with E-state index in [0.717, 1.165) is 12.1 Å². The highest BCUT2D eigenvalue weighted by Gasteiger charge is 2.37. The third-order valence-electron chi connectivity index (χ3n) is 3.81. The van der Waals surface area contributed by atoms with E-state index in [1.165, 1.54) is 12.3 Å². The van der Waals surface area contributed by atoms with E-state index in [1.807, 2.05) is 0 Å². The molecule has 2 aromatic carbocycles. The molecule has 0 spiro atoms. The maximum Gasteiger partial charge on any atom is 0.562 e. The second-order valence-electron chi connectivity index (χ2n) is 5.42. The minimum atomic E-state index is -4.72. The van der Waals surface area contributed by atoms with Crippen molar-refractivity contribution in [3.63, 3.8) is 0 Å². The number of nitrogens with two attached hydrogens (primary N) is 1. The Bertz CT molecular complexity index is 982. The van der Waals surface area contributed by atoms with Crippen molar-refractivity contribution in [1.82, 2.24) is 10.2 Å². The Labute approximate surface area is 145 Å². The fraction of sp³-hybridized carbons (Fsp3) is 0.0625. The van der Waals surface area contributed by atoms with Crippen LogP contribution in [0.3, 0.4) is 0 Å². The summed E-state index contributed by atoms with van der Waals surface area (Å²) in [5, 5.41) is 18.1. The van der Waals surface area contributed by atoms with Gasteiger partial charge in [-0.2, -0.15) is 23.4 Å². The van der Waals surface area contributed by atoms with Crippen LogP contribution in [0.25, 0.3) is 22.0 Å². The number of fused-ring (bicyclic) bond motifs is 1. The number of anilines is 1. The number of carbonyl (C=O) groups excluding carboxylic acids is 1. The summed E-state index contributed by atoms with van der Waals surface area (Å²) in [6.45, 7) is -0.119. The number of nitrogen functional groups attached to an aromatic ring is 1. The van der Waals surface area contributed by atoms with Crippen molar-refractivity contribution in [2.75, 3.05) is 5.73 Å². The summed E-state index contributed by atoms with van der Waals surface area (Å²) < 4.78 is 43.7. The molecule has 0 aliphatic carbocycles. The van der Waals surface area contributed by atoms with Crippen LogP contribution in [-0.2, 0) is 15.6 Å². The van der Waals surface area contributed by atoms with Gasteiger partial charge in [0.2, 0.25) is 0 Å². The molecule has 1 aromatic heterocycles. The Morgan fingerprint density at radius 1 is 1.15 bits per heavy atom. The fourth-order valence-electron chi connectivity index (χ4n) is 2.59. The molecule has 1 heterocycles. The van der Waals surface area contributed by atoms with E-state index in [0.29, 0.717) is 27.7 Å². The minimum Gasteiger partial charge on any atom is -0.508 e. The van der Waals surface area contributed by atoms with Gasteiger partial charge >= 0.3 is 13.3 Å². The Balaban J connectivity index is 2.13. The van der Waals surface area contributed by atoms with Crippen LogP contribution in [-0.4, -0.2) is 28.8 Å². The third-order valence-corrected chi connectivity index (χ3v) is 3.81. The van der Waals surface area contributed by atoms with E-state index in [4.69, 9.17) is 5.73 Å². The van der Waals surface area contributed by atoms with Crippen LogP contribution in [0.5, 0.6) is 0 Å². The molecule has 0 atom stereocenters. The standard InChI is InChI=1S/C16H11BF3N3O3/c18-16(19,20)12-4-2-9(5-13(12)17(25)26-8-24)10-1-3-11-14(21)7-22-23-15(11)6-10/h1-8,25H,(H2,21,23). The molecule has 0 fully saturated rings. The molecule has 26 heavy (non-hydrogen) atoms. The maximum atomic E-state index is 13.1. The van der Waals surface area contributed by atoms with Crippen LogP contribution in [0.1, 0.15) is 5.56 Å². The smallest absolute Gasteiger partial charge is 0.508 e. The summed E-state index contributed by atoms with van der Waals surface area (Å²) in [5.41, 5.74) is 5.92. The number of hydrogen-bond acceptors (Lipinski definition) is 6. The predicted octanol–water partition coefficient (Wildman–Crippen LogP) is 1.76. The van der Waals surface area contributed by atoms with Gasteiger partial charge < -0.3 is 15.4 Å². The van der Waals surface area contributed by atoms with Gasteiger partial charge in [0.15, 0.2) is 0 Å². The topological polar surface area (TPSA) is 98.3 Å². The lowest BCUT2D eigenvalue weighted by Crippen LogP contribution is -2.38. The summed E-state index contributed by atoms with van der Waals surface area (Å²) in [6, 6.07) is 8.11. The lowest BCUT2D eigenvalue weighted by Gasteiger charge is -2.15. The minimum absolute atomic E-state index is 0.119. The van der Waals surface area contributed by atoms with Crippen LogP contribution in [0.15, 0.2) is 42.6 Å². The quantitative estimate of drug-likeness (QED) is 0.543. The molecule has 0 amide bonds.